The van der Waals surface area contributed by atoms with Crippen molar-refractivity contribution in [3.8, 4) is 0 Å². The molecule has 7 nitrogen and oxygen atoms in total. The number of pyridine rings is 1. The molecule has 0 saturated carbocycles. The number of ether oxygens (including phenoxy) is 1. The lowest BCUT2D eigenvalue weighted by atomic mass is 10.3. The molecule has 1 aliphatic rings. The van der Waals surface area contributed by atoms with Crippen LogP contribution in [0.2, 0.25) is 0 Å². The minimum atomic E-state index is -0.236. The summed E-state index contributed by atoms with van der Waals surface area (Å²) in [6.45, 7) is 6.51. The summed E-state index contributed by atoms with van der Waals surface area (Å²) in [5.74, 6) is 0.500. The van der Waals surface area contributed by atoms with Gasteiger partial charge in [-0.25, -0.2) is 4.98 Å². The zero-order valence-corrected chi connectivity index (χ0v) is 14.6. The van der Waals surface area contributed by atoms with Crippen LogP contribution in [0.4, 0.5) is 11.5 Å². The zero-order chi connectivity index (χ0) is 17.1. The molecule has 0 spiro atoms. The lowest BCUT2D eigenvalue weighted by Gasteiger charge is -2.29. The molecule has 3 heterocycles. The zero-order valence-electron chi connectivity index (χ0n) is 13.7. The third-order valence-electron chi connectivity index (χ3n) is 4.05. The Kier molecular flexibility index (Phi) is 4.96. The summed E-state index contributed by atoms with van der Waals surface area (Å²) in [4.78, 5) is 31.6. The van der Waals surface area contributed by atoms with Crippen LogP contribution in [0, 0.1) is 13.8 Å². The number of hydrogen-bond donors (Lipinski definition) is 1. The summed E-state index contributed by atoms with van der Waals surface area (Å²) in [5.41, 5.74) is 1.49. The lowest BCUT2D eigenvalue weighted by molar-refractivity contribution is -0.116. The fourth-order valence-corrected chi connectivity index (χ4v) is 3.46. The lowest BCUT2D eigenvalue weighted by Crippen LogP contribution is -2.37. The largest absolute Gasteiger partial charge is 0.378 e. The number of carbonyl (C=O) groups excluding carboxylic acids is 1. The van der Waals surface area contributed by atoms with E-state index in [-0.39, 0.29) is 17.3 Å². The first-order chi connectivity index (χ1) is 11.6. The van der Waals surface area contributed by atoms with Crippen molar-refractivity contribution in [2.45, 2.75) is 20.4 Å². The van der Waals surface area contributed by atoms with Crippen molar-refractivity contribution in [2.24, 2.45) is 0 Å². The van der Waals surface area contributed by atoms with Crippen molar-refractivity contribution >= 4 is 28.7 Å². The second kappa shape index (κ2) is 7.14. The van der Waals surface area contributed by atoms with Crippen LogP contribution >= 0.6 is 11.3 Å². The number of nitrogens with one attached hydrogen (secondary N) is 1. The summed E-state index contributed by atoms with van der Waals surface area (Å²) < 4.78 is 6.86. The molecule has 1 fully saturated rings. The van der Waals surface area contributed by atoms with Gasteiger partial charge >= 0.3 is 4.87 Å². The topological polar surface area (TPSA) is 76.5 Å². The maximum Gasteiger partial charge on any atom is 0.308 e. The summed E-state index contributed by atoms with van der Waals surface area (Å²) in [5, 5.41) is 2.88. The summed E-state index contributed by atoms with van der Waals surface area (Å²) in [6.07, 6.45) is 1.71. The second-order valence-corrected chi connectivity index (χ2v) is 6.78. The van der Waals surface area contributed by atoms with Gasteiger partial charge in [0, 0.05) is 29.9 Å². The van der Waals surface area contributed by atoms with Gasteiger partial charge in [0.15, 0.2) is 5.82 Å². The Morgan fingerprint density at radius 2 is 2.12 bits per heavy atom. The smallest absolute Gasteiger partial charge is 0.308 e. The van der Waals surface area contributed by atoms with Crippen LogP contribution in [0.25, 0.3) is 0 Å². The van der Waals surface area contributed by atoms with Crippen LogP contribution in [-0.2, 0) is 16.1 Å². The molecular weight excluding hydrogens is 328 g/mol. The Balaban J connectivity index is 1.76. The van der Waals surface area contributed by atoms with Crippen molar-refractivity contribution in [1.82, 2.24) is 9.55 Å². The number of aryl methyl sites for hydroxylation is 1. The molecule has 128 valence electrons. The van der Waals surface area contributed by atoms with E-state index in [0.717, 1.165) is 40.8 Å². The summed E-state index contributed by atoms with van der Waals surface area (Å²) in [6, 6.07) is 3.61. The van der Waals surface area contributed by atoms with Crippen molar-refractivity contribution in [1.29, 1.82) is 0 Å². The predicted octanol–water partition coefficient (Wildman–Crippen LogP) is 1.40. The molecule has 0 aliphatic carbocycles. The van der Waals surface area contributed by atoms with Crippen LogP contribution in [0.5, 0.6) is 0 Å². The van der Waals surface area contributed by atoms with Crippen LogP contribution in [-0.4, -0.2) is 41.8 Å². The molecule has 1 amide bonds. The first-order valence-corrected chi connectivity index (χ1v) is 8.62. The number of rotatable bonds is 4. The number of thiazole rings is 1. The van der Waals surface area contributed by atoms with Crippen molar-refractivity contribution < 1.29 is 9.53 Å². The SMILES string of the molecule is Cc1sc(=O)n(CC(=O)Nc2cccnc2N2CCOCC2)c1C. The molecule has 1 saturated heterocycles. The summed E-state index contributed by atoms with van der Waals surface area (Å²) >= 11 is 1.16. The molecule has 0 radical (unpaired) electrons. The average molecular weight is 348 g/mol. The molecule has 24 heavy (non-hydrogen) atoms. The summed E-state index contributed by atoms with van der Waals surface area (Å²) in [7, 11) is 0. The molecule has 0 bridgehead atoms. The van der Waals surface area contributed by atoms with Crippen LogP contribution in [0.1, 0.15) is 10.6 Å². The van der Waals surface area contributed by atoms with Gasteiger partial charge in [0.2, 0.25) is 5.91 Å². The Hall–Kier alpha value is -2.19. The van der Waals surface area contributed by atoms with E-state index in [1.54, 1.807) is 12.3 Å². The van der Waals surface area contributed by atoms with E-state index < -0.39 is 0 Å². The van der Waals surface area contributed by atoms with E-state index in [4.69, 9.17) is 4.74 Å². The first kappa shape index (κ1) is 16.7. The quantitative estimate of drug-likeness (QED) is 0.904. The molecule has 0 unspecified atom stereocenters. The van der Waals surface area contributed by atoms with E-state index in [9.17, 15) is 9.59 Å². The monoisotopic (exact) mass is 348 g/mol. The third kappa shape index (κ3) is 3.49. The van der Waals surface area contributed by atoms with Gasteiger partial charge in [-0.3, -0.25) is 14.2 Å². The maximum atomic E-state index is 12.4. The fourth-order valence-electron chi connectivity index (χ4n) is 2.63. The minimum absolute atomic E-state index is 0.00640. The number of nitrogens with zero attached hydrogens (tertiary/aromatic N) is 3. The van der Waals surface area contributed by atoms with Gasteiger partial charge in [-0.15, -0.1) is 0 Å². The van der Waals surface area contributed by atoms with E-state index in [1.807, 2.05) is 19.9 Å². The molecule has 1 aliphatic heterocycles. The van der Waals surface area contributed by atoms with Gasteiger partial charge in [0.05, 0.1) is 18.9 Å². The van der Waals surface area contributed by atoms with Gasteiger partial charge < -0.3 is 15.0 Å². The highest BCUT2D eigenvalue weighted by Crippen LogP contribution is 2.23. The minimum Gasteiger partial charge on any atom is -0.378 e. The van der Waals surface area contributed by atoms with Crippen LogP contribution < -0.4 is 15.1 Å². The number of amides is 1. The predicted molar refractivity (Wildman–Crippen MR) is 94.0 cm³/mol. The van der Waals surface area contributed by atoms with Gasteiger partial charge in [0.1, 0.15) is 6.54 Å². The van der Waals surface area contributed by atoms with E-state index in [0.29, 0.717) is 18.9 Å². The molecule has 3 rings (SSSR count). The second-order valence-electron chi connectivity index (χ2n) is 5.62. The Labute approximate surface area is 143 Å². The highest BCUT2D eigenvalue weighted by molar-refractivity contribution is 7.09. The molecule has 2 aromatic heterocycles. The Morgan fingerprint density at radius 1 is 1.38 bits per heavy atom. The van der Waals surface area contributed by atoms with Gasteiger partial charge in [-0.2, -0.15) is 0 Å². The fraction of sp³-hybridized carbons (Fsp3) is 0.438. The molecule has 1 N–H and O–H groups in total. The number of hydrogen-bond acceptors (Lipinski definition) is 6. The number of morpholine rings is 1. The van der Waals surface area contributed by atoms with E-state index in [2.05, 4.69) is 15.2 Å². The maximum absolute atomic E-state index is 12.4. The molecular formula is C16H20N4O3S. The Morgan fingerprint density at radius 3 is 2.79 bits per heavy atom. The number of carbonyl (C=O) groups is 1. The van der Waals surface area contributed by atoms with Crippen LogP contribution in [0.15, 0.2) is 23.1 Å². The van der Waals surface area contributed by atoms with Gasteiger partial charge in [-0.05, 0) is 26.0 Å². The first-order valence-electron chi connectivity index (χ1n) is 7.80. The van der Waals surface area contributed by atoms with Crippen molar-refractivity contribution in [3.63, 3.8) is 0 Å². The highest BCUT2D eigenvalue weighted by atomic mass is 32.1. The average Bonchev–Trinajstić information content (AvgIpc) is 2.82. The van der Waals surface area contributed by atoms with Crippen LogP contribution in [0.3, 0.4) is 0 Å². The van der Waals surface area contributed by atoms with Crippen molar-refractivity contribution in [3.05, 3.63) is 38.6 Å². The molecule has 0 atom stereocenters. The highest BCUT2D eigenvalue weighted by Gasteiger charge is 2.18. The number of anilines is 2. The Bertz CT molecular complexity index is 793. The van der Waals surface area contributed by atoms with E-state index in [1.165, 1.54) is 4.57 Å². The molecule has 2 aromatic rings. The third-order valence-corrected chi connectivity index (χ3v) is 5.04. The molecule has 0 aromatic carbocycles. The van der Waals surface area contributed by atoms with E-state index >= 15 is 0 Å². The normalized spacial score (nSPS) is 14.7. The van der Waals surface area contributed by atoms with Gasteiger partial charge in [0.25, 0.3) is 0 Å². The van der Waals surface area contributed by atoms with Gasteiger partial charge in [-0.1, -0.05) is 11.3 Å². The number of aromatic nitrogens is 2. The molecule has 8 heteroatoms. The standard InChI is InChI=1S/C16H20N4O3S/c1-11-12(2)24-16(22)20(11)10-14(21)18-13-4-3-5-17-15(13)19-6-8-23-9-7-19/h3-5H,6-10H2,1-2H3,(H,18,21). The van der Waals surface area contributed by atoms with Crippen molar-refractivity contribution in [2.75, 3.05) is 36.5 Å².